The highest BCUT2D eigenvalue weighted by Gasteiger charge is 2.37. The molecule has 118 valence electrons. The largest absolute Gasteiger partial charge is 0.320 e. The second-order valence-electron chi connectivity index (χ2n) is 6.32. The molecule has 6 heteroatoms. The number of unbranched alkanes of at least 4 members (excludes halogenated alkanes) is 1. The van der Waals surface area contributed by atoms with Crippen molar-refractivity contribution >= 4 is 10.0 Å². The first kappa shape index (κ1) is 16.2. The maximum atomic E-state index is 12.1. The van der Waals surface area contributed by atoms with Crippen LogP contribution in [0.25, 0.3) is 0 Å². The van der Waals surface area contributed by atoms with Gasteiger partial charge in [0.15, 0.2) is 0 Å². The number of sulfonamides is 1. The van der Waals surface area contributed by atoms with Crippen LogP contribution in [0.4, 0.5) is 0 Å². The summed E-state index contributed by atoms with van der Waals surface area (Å²) in [5.74, 6) is 0.260. The van der Waals surface area contributed by atoms with Crippen molar-refractivity contribution in [2.45, 2.75) is 63.1 Å². The summed E-state index contributed by atoms with van der Waals surface area (Å²) in [6.45, 7) is 0.883. The summed E-state index contributed by atoms with van der Waals surface area (Å²) in [7, 11) is 0.978. The monoisotopic (exact) mass is 303 g/mol. The van der Waals surface area contributed by atoms with Gasteiger partial charge >= 0.3 is 0 Å². The fourth-order valence-electron chi connectivity index (χ4n) is 3.62. The molecule has 0 aromatic rings. The minimum absolute atomic E-state index is 0.149. The zero-order chi connectivity index (χ0) is 14.6. The Kier molecular flexibility index (Phi) is 5.84. The molecule has 2 heterocycles. The molecule has 0 aromatic heterocycles. The molecule has 2 aliphatic heterocycles. The van der Waals surface area contributed by atoms with E-state index in [1.165, 1.54) is 19.3 Å². The highest BCUT2D eigenvalue weighted by Crippen LogP contribution is 2.32. The van der Waals surface area contributed by atoms with Crippen LogP contribution in [-0.4, -0.2) is 57.8 Å². The lowest BCUT2D eigenvalue weighted by Gasteiger charge is -2.47. The fourth-order valence-corrected chi connectivity index (χ4v) is 5.02. The van der Waals surface area contributed by atoms with Crippen molar-refractivity contribution in [1.82, 2.24) is 14.9 Å². The molecule has 2 atom stereocenters. The Morgan fingerprint density at radius 2 is 1.80 bits per heavy atom. The molecule has 2 unspecified atom stereocenters. The van der Waals surface area contributed by atoms with Crippen molar-refractivity contribution in [3.05, 3.63) is 0 Å². The van der Waals surface area contributed by atoms with Gasteiger partial charge in [0.25, 0.3) is 0 Å². The Balaban J connectivity index is 1.81. The van der Waals surface area contributed by atoms with E-state index in [9.17, 15) is 8.42 Å². The molecule has 2 N–H and O–H groups in total. The van der Waals surface area contributed by atoms with E-state index in [0.717, 1.165) is 32.2 Å². The number of nitrogens with zero attached hydrogens (tertiary/aromatic N) is 1. The van der Waals surface area contributed by atoms with Crippen LogP contribution in [0, 0.1) is 0 Å². The van der Waals surface area contributed by atoms with Crippen LogP contribution in [-0.2, 0) is 10.0 Å². The van der Waals surface area contributed by atoms with Gasteiger partial charge in [0, 0.05) is 18.1 Å². The minimum Gasteiger partial charge on any atom is -0.320 e. The quantitative estimate of drug-likeness (QED) is 0.687. The lowest BCUT2D eigenvalue weighted by molar-refractivity contribution is 0.0536. The van der Waals surface area contributed by atoms with Crippen LogP contribution in [0.1, 0.15) is 44.9 Å². The van der Waals surface area contributed by atoms with E-state index in [1.807, 2.05) is 7.05 Å². The van der Waals surface area contributed by atoms with Gasteiger partial charge in [0.05, 0.1) is 5.75 Å². The summed E-state index contributed by atoms with van der Waals surface area (Å²) >= 11 is 0. The highest BCUT2D eigenvalue weighted by atomic mass is 32.2. The van der Waals surface area contributed by atoms with E-state index in [0.29, 0.717) is 12.1 Å². The molecule has 2 saturated heterocycles. The summed E-state index contributed by atoms with van der Waals surface area (Å²) in [5.41, 5.74) is 0. The lowest BCUT2D eigenvalue weighted by Crippen LogP contribution is -2.55. The average molecular weight is 303 g/mol. The fraction of sp³-hybridized carbons (Fsp3) is 1.00. The van der Waals surface area contributed by atoms with Crippen LogP contribution >= 0.6 is 0 Å². The van der Waals surface area contributed by atoms with Gasteiger partial charge in [-0.15, -0.1) is 0 Å². The van der Waals surface area contributed by atoms with E-state index in [4.69, 9.17) is 0 Å². The minimum atomic E-state index is -3.11. The second kappa shape index (κ2) is 7.20. The van der Waals surface area contributed by atoms with Gasteiger partial charge in [-0.2, -0.15) is 0 Å². The van der Waals surface area contributed by atoms with Gasteiger partial charge in [0.1, 0.15) is 0 Å². The molecular formula is C14H29N3O2S. The van der Waals surface area contributed by atoms with Crippen LogP contribution in [0.5, 0.6) is 0 Å². The summed E-state index contributed by atoms with van der Waals surface area (Å²) in [6.07, 6.45) is 7.32. The number of fused-ring (bicyclic) bond motifs is 2. The predicted octanol–water partition coefficient (Wildman–Crippen LogP) is 0.921. The maximum absolute atomic E-state index is 12.1. The van der Waals surface area contributed by atoms with Gasteiger partial charge < -0.3 is 10.2 Å². The van der Waals surface area contributed by atoms with Crippen molar-refractivity contribution in [1.29, 1.82) is 0 Å². The van der Waals surface area contributed by atoms with Crippen LogP contribution < -0.4 is 10.0 Å². The van der Waals surface area contributed by atoms with E-state index in [1.54, 1.807) is 0 Å². The third kappa shape index (κ3) is 4.41. The van der Waals surface area contributed by atoms with E-state index >= 15 is 0 Å². The Bertz CT molecular complexity index is 385. The molecule has 2 aliphatic rings. The third-order valence-corrected chi connectivity index (χ3v) is 6.29. The molecule has 0 saturated carbocycles. The summed E-state index contributed by atoms with van der Waals surface area (Å²) in [6, 6.07) is 1.29. The van der Waals surface area contributed by atoms with Gasteiger partial charge in [0.2, 0.25) is 10.0 Å². The van der Waals surface area contributed by atoms with Crippen molar-refractivity contribution in [3.63, 3.8) is 0 Å². The zero-order valence-corrected chi connectivity index (χ0v) is 13.6. The number of hydrogen-bond donors (Lipinski definition) is 2. The third-order valence-electron chi connectivity index (χ3n) is 4.78. The van der Waals surface area contributed by atoms with Gasteiger partial charge in [-0.25, -0.2) is 13.1 Å². The average Bonchev–Trinajstić information content (AvgIpc) is 2.36. The van der Waals surface area contributed by atoms with Gasteiger partial charge in [-0.3, -0.25) is 0 Å². The predicted molar refractivity (Wildman–Crippen MR) is 82.3 cm³/mol. The normalized spacial score (nSPS) is 31.4. The summed E-state index contributed by atoms with van der Waals surface area (Å²) < 4.78 is 27.2. The first-order valence-corrected chi connectivity index (χ1v) is 9.53. The first-order chi connectivity index (χ1) is 9.52. The number of piperidine rings is 2. The molecule has 5 nitrogen and oxygen atoms in total. The topological polar surface area (TPSA) is 61.4 Å². The van der Waals surface area contributed by atoms with Gasteiger partial charge in [-0.05, 0) is 59.2 Å². The van der Waals surface area contributed by atoms with Crippen LogP contribution in [0.3, 0.4) is 0 Å². The number of nitrogens with one attached hydrogen (secondary N) is 2. The Morgan fingerprint density at radius 1 is 1.15 bits per heavy atom. The maximum Gasteiger partial charge on any atom is 0.211 e. The molecule has 0 radical (unpaired) electrons. The Morgan fingerprint density at radius 3 is 2.40 bits per heavy atom. The van der Waals surface area contributed by atoms with Crippen molar-refractivity contribution < 1.29 is 8.42 Å². The van der Waals surface area contributed by atoms with Gasteiger partial charge in [-0.1, -0.05) is 6.42 Å². The SMILES string of the molecule is CNCCCCS(=O)(=O)NC1CC2CCCC(C1)N2C. The van der Waals surface area contributed by atoms with Crippen LogP contribution in [0.15, 0.2) is 0 Å². The van der Waals surface area contributed by atoms with E-state index in [-0.39, 0.29) is 11.8 Å². The Hall–Kier alpha value is -0.170. The molecular weight excluding hydrogens is 274 g/mol. The van der Waals surface area contributed by atoms with E-state index < -0.39 is 10.0 Å². The Labute approximate surface area is 123 Å². The standard InChI is InChI=1S/C14H29N3O2S/c1-15-8-3-4-9-20(18,19)16-12-10-13-6-5-7-14(11-12)17(13)2/h12-16H,3-11H2,1-2H3. The summed E-state index contributed by atoms with van der Waals surface area (Å²) in [5, 5.41) is 3.05. The van der Waals surface area contributed by atoms with Crippen molar-refractivity contribution in [2.75, 3.05) is 26.4 Å². The zero-order valence-electron chi connectivity index (χ0n) is 12.8. The molecule has 0 aromatic carbocycles. The smallest absolute Gasteiger partial charge is 0.211 e. The highest BCUT2D eigenvalue weighted by molar-refractivity contribution is 7.89. The molecule has 2 bridgehead atoms. The molecule has 0 spiro atoms. The molecule has 2 fully saturated rings. The van der Waals surface area contributed by atoms with Crippen molar-refractivity contribution in [3.8, 4) is 0 Å². The lowest BCUT2D eigenvalue weighted by atomic mass is 9.83. The molecule has 0 aliphatic carbocycles. The molecule has 0 amide bonds. The van der Waals surface area contributed by atoms with Crippen LogP contribution in [0.2, 0.25) is 0 Å². The van der Waals surface area contributed by atoms with E-state index in [2.05, 4.69) is 22.0 Å². The first-order valence-electron chi connectivity index (χ1n) is 7.88. The number of rotatable bonds is 7. The summed E-state index contributed by atoms with van der Waals surface area (Å²) in [4.78, 5) is 2.46. The van der Waals surface area contributed by atoms with Crippen molar-refractivity contribution in [2.24, 2.45) is 0 Å². The second-order valence-corrected chi connectivity index (χ2v) is 8.19. The molecule has 20 heavy (non-hydrogen) atoms. The molecule has 2 rings (SSSR count). The number of hydrogen-bond acceptors (Lipinski definition) is 4.